The summed E-state index contributed by atoms with van der Waals surface area (Å²) in [6.45, 7) is 10.1. The van der Waals surface area contributed by atoms with Gasteiger partial charge in [0.05, 0.1) is 0 Å². The van der Waals surface area contributed by atoms with Crippen molar-refractivity contribution in [1.82, 2.24) is 10.2 Å². The van der Waals surface area contributed by atoms with Crippen LogP contribution in [0.3, 0.4) is 0 Å². The molecule has 4 heteroatoms. The third kappa shape index (κ3) is 4.77. The van der Waals surface area contributed by atoms with E-state index >= 15 is 0 Å². The van der Waals surface area contributed by atoms with Crippen LogP contribution in [0.2, 0.25) is 0 Å². The van der Waals surface area contributed by atoms with E-state index in [9.17, 15) is 4.79 Å². The smallest absolute Gasteiger partial charge is 0.224 e. The van der Waals surface area contributed by atoms with Gasteiger partial charge in [0.25, 0.3) is 0 Å². The number of likely N-dealkylation sites (tertiary alicyclic amines) is 1. The molecule has 1 amide bonds. The second kappa shape index (κ2) is 7.25. The number of hydrogen-bond acceptors (Lipinski definition) is 3. The van der Waals surface area contributed by atoms with E-state index < -0.39 is 0 Å². The average Bonchev–Trinajstić information content (AvgIpc) is 2.38. The third-order valence-electron chi connectivity index (χ3n) is 4.69. The fourth-order valence-electron chi connectivity index (χ4n) is 2.85. The van der Waals surface area contributed by atoms with Gasteiger partial charge in [0.15, 0.2) is 0 Å². The lowest BCUT2D eigenvalue weighted by molar-refractivity contribution is -0.125. The topological polar surface area (TPSA) is 58.4 Å². The minimum Gasteiger partial charge on any atom is -0.355 e. The number of carbonyl (C=O) groups excluding carboxylic acids is 1. The SMILES string of the molecule is CCC(CN)C(=O)NCC(C)(C)C1CCN(C)CC1. The lowest BCUT2D eigenvalue weighted by Crippen LogP contribution is -2.45. The molecular weight excluding hydrogens is 238 g/mol. The summed E-state index contributed by atoms with van der Waals surface area (Å²) in [5, 5.41) is 3.10. The molecule has 0 saturated carbocycles. The maximum absolute atomic E-state index is 12.0. The zero-order valence-electron chi connectivity index (χ0n) is 13.0. The second-order valence-electron chi connectivity index (χ2n) is 6.62. The molecular formula is C15H31N3O. The molecule has 4 nitrogen and oxygen atoms in total. The van der Waals surface area contributed by atoms with Crippen molar-refractivity contribution < 1.29 is 4.79 Å². The van der Waals surface area contributed by atoms with Crippen molar-refractivity contribution in [3.05, 3.63) is 0 Å². The molecule has 0 spiro atoms. The van der Waals surface area contributed by atoms with E-state index in [2.05, 4.69) is 31.1 Å². The molecule has 1 unspecified atom stereocenters. The van der Waals surface area contributed by atoms with Crippen LogP contribution in [-0.4, -0.2) is 44.0 Å². The predicted octanol–water partition coefficient (Wildman–Crippen LogP) is 1.46. The molecule has 1 rings (SSSR count). The quantitative estimate of drug-likeness (QED) is 0.767. The zero-order valence-corrected chi connectivity index (χ0v) is 13.0. The zero-order chi connectivity index (χ0) is 14.5. The minimum atomic E-state index is -0.0340. The lowest BCUT2D eigenvalue weighted by atomic mass is 9.73. The predicted molar refractivity (Wildman–Crippen MR) is 79.8 cm³/mol. The molecule has 112 valence electrons. The summed E-state index contributed by atoms with van der Waals surface area (Å²) in [7, 11) is 2.18. The van der Waals surface area contributed by atoms with Crippen LogP contribution in [0.4, 0.5) is 0 Å². The molecule has 1 heterocycles. The van der Waals surface area contributed by atoms with Crippen LogP contribution in [0.15, 0.2) is 0 Å². The number of nitrogens with two attached hydrogens (primary N) is 1. The Morgan fingerprint density at radius 1 is 1.42 bits per heavy atom. The number of nitrogens with zero attached hydrogens (tertiary/aromatic N) is 1. The van der Waals surface area contributed by atoms with Gasteiger partial charge >= 0.3 is 0 Å². The summed E-state index contributed by atoms with van der Waals surface area (Å²) in [6, 6.07) is 0. The molecule has 0 aromatic carbocycles. The molecule has 0 radical (unpaired) electrons. The monoisotopic (exact) mass is 269 g/mol. The maximum atomic E-state index is 12.0. The molecule has 1 aliphatic heterocycles. The number of rotatable bonds is 6. The van der Waals surface area contributed by atoms with Crippen LogP contribution in [-0.2, 0) is 4.79 Å². The first-order chi connectivity index (χ1) is 8.90. The molecule has 0 aromatic rings. The first kappa shape index (κ1) is 16.4. The van der Waals surface area contributed by atoms with Crippen LogP contribution < -0.4 is 11.1 Å². The van der Waals surface area contributed by atoms with Gasteiger partial charge in [0.2, 0.25) is 5.91 Å². The van der Waals surface area contributed by atoms with Crippen molar-refractivity contribution in [1.29, 1.82) is 0 Å². The molecule has 1 atom stereocenters. The van der Waals surface area contributed by atoms with Crippen molar-refractivity contribution in [2.24, 2.45) is 23.0 Å². The van der Waals surface area contributed by atoms with E-state index in [1.165, 1.54) is 25.9 Å². The fourth-order valence-corrected chi connectivity index (χ4v) is 2.85. The summed E-state index contributed by atoms with van der Waals surface area (Å²) < 4.78 is 0. The highest BCUT2D eigenvalue weighted by Crippen LogP contribution is 2.34. The Morgan fingerprint density at radius 3 is 2.47 bits per heavy atom. The van der Waals surface area contributed by atoms with Gasteiger partial charge in [-0.05, 0) is 50.7 Å². The fraction of sp³-hybridized carbons (Fsp3) is 0.933. The molecule has 0 aromatic heterocycles. The maximum Gasteiger partial charge on any atom is 0.224 e. The van der Waals surface area contributed by atoms with E-state index in [0.717, 1.165) is 13.0 Å². The molecule has 0 aliphatic carbocycles. The molecule has 1 saturated heterocycles. The first-order valence-corrected chi connectivity index (χ1v) is 7.57. The van der Waals surface area contributed by atoms with E-state index in [1.54, 1.807) is 0 Å². The van der Waals surface area contributed by atoms with Gasteiger partial charge in [-0.2, -0.15) is 0 Å². The van der Waals surface area contributed by atoms with Crippen molar-refractivity contribution in [2.45, 2.75) is 40.0 Å². The van der Waals surface area contributed by atoms with Crippen LogP contribution in [0.1, 0.15) is 40.0 Å². The molecule has 1 fully saturated rings. The van der Waals surface area contributed by atoms with Gasteiger partial charge in [0, 0.05) is 19.0 Å². The van der Waals surface area contributed by atoms with Gasteiger partial charge in [-0.3, -0.25) is 4.79 Å². The number of carbonyl (C=O) groups is 1. The molecule has 1 aliphatic rings. The van der Waals surface area contributed by atoms with Gasteiger partial charge in [0.1, 0.15) is 0 Å². The van der Waals surface area contributed by atoms with Crippen molar-refractivity contribution in [3.8, 4) is 0 Å². The highest BCUT2D eigenvalue weighted by Gasteiger charge is 2.32. The van der Waals surface area contributed by atoms with Crippen LogP contribution in [0.5, 0.6) is 0 Å². The van der Waals surface area contributed by atoms with E-state index in [1.807, 2.05) is 6.92 Å². The molecule has 3 N–H and O–H groups in total. The highest BCUT2D eigenvalue weighted by atomic mass is 16.1. The third-order valence-corrected chi connectivity index (χ3v) is 4.69. The Bertz CT molecular complexity index is 279. The van der Waals surface area contributed by atoms with Gasteiger partial charge in [-0.25, -0.2) is 0 Å². The summed E-state index contributed by atoms with van der Waals surface area (Å²) in [5.41, 5.74) is 5.79. The number of piperidine rings is 1. The van der Waals surface area contributed by atoms with Crippen molar-refractivity contribution in [2.75, 3.05) is 33.2 Å². The van der Waals surface area contributed by atoms with Crippen LogP contribution in [0, 0.1) is 17.3 Å². The normalized spacial score (nSPS) is 20.3. The van der Waals surface area contributed by atoms with Gasteiger partial charge in [-0.1, -0.05) is 20.8 Å². The Morgan fingerprint density at radius 2 is 2.00 bits per heavy atom. The Kier molecular flexibility index (Phi) is 6.27. The number of nitrogens with one attached hydrogen (secondary N) is 1. The van der Waals surface area contributed by atoms with Gasteiger partial charge < -0.3 is 16.0 Å². The largest absolute Gasteiger partial charge is 0.355 e. The van der Waals surface area contributed by atoms with Crippen LogP contribution in [0.25, 0.3) is 0 Å². The molecule has 0 bridgehead atoms. The molecule has 19 heavy (non-hydrogen) atoms. The first-order valence-electron chi connectivity index (χ1n) is 7.57. The summed E-state index contributed by atoms with van der Waals surface area (Å²) in [5.74, 6) is 0.779. The van der Waals surface area contributed by atoms with Crippen molar-refractivity contribution >= 4 is 5.91 Å². The van der Waals surface area contributed by atoms with E-state index in [-0.39, 0.29) is 17.2 Å². The number of hydrogen-bond donors (Lipinski definition) is 2. The van der Waals surface area contributed by atoms with Crippen molar-refractivity contribution in [3.63, 3.8) is 0 Å². The Balaban J connectivity index is 2.44. The Labute approximate surface area is 118 Å². The van der Waals surface area contributed by atoms with Crippen LogP contribution >= 0.6 is 0 Å². The number of amides is 1. The van der Waals surface area contributed by atoms with E-state index in [0.29, 0.717) is 12.5 Å². The summed E-state index contributed by atoms with van der Waals surface area (Å²) >= 11 is 0. The Hall–Kier alpha value is -0.610. The second-order valence-corrected chi connectivity index (χ2v) is 6.62. The summed E-state index contributed by atoms with van der Waals surface area (Å²) in [4.78, 5) is 14.4. The standard InChI is InChI=1S/C15H31N3O/c1-5-12(10-16)14(19)17-11-15(2,3)13-6-8-18(4)9-7-13/h12-13H,5-11,16H2,1-4H3,(H,17,19). The van der Waals surface area contributed by atoms with Gasteiger partial charge in [-0.15, -0.1) is 0 Å². The summed E-state index contributed by atoms with van der Waals surface area (Å²) in [6.07, 6.45) is 3.28. The highest BCUT2D eigenvalue weighted by molar-refractivity contribution is 5.78. The minimum absolute atomic E-state index is 0.0340. The van der Waals surface area contributed by atoms with E-state index in [4.69, 9.17) is 5.73 Å². The average molecular weight is 269 g/mol. The lowest BCUT2D eigenvalue weighted by Gasteiger charge is -2.40.